The fourth-order valence-corrected chi connectivity index (χ4v) is 1.43. The van der Waals surface area contributed by atoms with Crippen LogP contribution in [-0.2, 0) is 4.79 Å². The molecule has 0 aromatic rings. The van der Waals surface area contributed by atoms with Crippen LogP contribution in [0.1, 0.15) is 19.3 Å². The Bertz CT molecular complexity index is 209. The topological polar surface area (TPSA) is 46.3 Å². The molecule has 0 bridgehead atoms. The van der Waals surface area contributed by atoms with Crippen molar-refractivity contribution in [1.82, 2.24) is 4.90 Å². The molecule has 1 heterocycles. The van der Waals surface area contributed by atoms with Crippen molar-refractivity contribution in [3.05, 3.63) is 0 Å². The fraction of sp³-hybridized carbons (Fsp3) is 0.875. The lowest BCUT2D eigenvalue weighted by Crippen LogP contribution is -2.44. The largest absolute Gasteiger partial charge is 0.397 e. The molecule has 0 atom stereocenters. The van der Waals surface area contributed by atoms with Crippen LogP contribution in [-0.4, -0.2) is 36.1 Å². The van der Waals surface area contributed by atoms with E-state index in [1.54, 1.807) is 0 Å². The van der Waals surface area contributed by atoms with Crippen LogP contribution in [0.5, 0.6) is 0 Å². The van der Waals surface area contributed by atoms with Gasteiger partial charge in [-0.25, -0.2) is 0 Å². The molecule has 0 aromatic carbocycles. The van der Waals surface area contributed by atoms with Gasteiger partial charge in [-0.15, -0.1) is 0 Å². The highest BCUT2D eigenvalue weighted by Crippen LogP contribution is 2.21. The number of likely N-dealkylation sites (tertiary alicyclic amines) is 1. The molecule has 1 saturated heterocycles. The zero-order chi connectivity index (χ0) is 10.8. The van der Waals surface area contributed by atoms with Crippen LogP contribution in [0, 0.1) is 0 Å². The summed E-state index contributed by atoms with van der Waals surface area (Å²) < 4.78 is 35.6. The van der Waals surface area contributed by atoms with E-state index >= 15 is 0 Å². The zero-order valence-electron chi connectivity index (χ0n) is 7.68. The van der Waals surface area contributed by atoms with Crippen LogP contribution in [0.15, 0.2) is 0 Å². The number of amides is 1. The number of rotatable bonds is 1. The number of hydrogen-bond acceptors (Lipinski definition) is 2. The van der Waals surface area contributed by atoms with Crippen molar-refractivity contribution in [3.63, 3.8) is 0 Å². The third-order valence-electron chi connectivity index (χ3n) is 2.24. The van der Waals surface area contributed by atoms with Crippen LogP contribution in [0.3, 0.4) is 0 Å². The fourth-order valence-electron chi connectivity index (χ4n) is 1.43. The summed E-state index contributed by atoms with van der Waals surface area (Å²) in [6.07, 6.45) is -4.59. The standard InChI is InChI=1S/C8H13F3N2O/c9-8(10,11)5-7(14)13-3-1-6(12)2-4-13/h6H,1-5,12H2. The first kappa shape index (κ1) is 11.3. The van der Waals surface area contributed by atoms with Crippen molar-refractivity contribution < 1.29 is 18.0 Å². The number of nitrogens with two attached hydrogens (primary N) is 1. The summed E-state index contributed by atoms with van der Waals surface area (Å²) in [5.41, 5.74) is 5.56. The first-order chi connectivity index (χ1) is 6.38. The van der Waals surface area contributed by atoms with Crippen molar-refractivity contribution in [3.8, 4) is 0 Å². The Labute approximate surface area is 80.0 Å². The minimum absolute atomic E-state index is 0.0185. The van der Waals surface area contributed by atoms with Gasteiger partial charge in [-0.2, -0.15) is 13.2 Å². The Hall–Kier alpha value is -0.780. The molecule has 0 unspecified atom stereocenters. The van der Waals surface area contributed by atoms with E-state index in [9.17, 15) is 18.0 Å². The molecule has 0 aliphatic carbocycles. The first-order valence-electron chi connectivity index (χ1n) is 4.48. The number of carbonyl (C=O) groups is 1. The predicted octanol–water partition coefficient (Wildman–Crippen LogP) is 0.888. The van der Waals surface area contributed by atoms with E-state index < -0.39 is 18.5 Å². The summed E-state index contributed by atoms with van der Waals surface area (Å²) in [4.78, 5) is 12.3. The summed E-state index contributed by atoms with van der Waals surface area (Å²) in [5, 5.41) is 0. The summed E-state index contributed by atoms with van der Waals surface area (Å²) in [6, 6.07) is 0.0185. The second kappa shape index (κ2) is 4.16. The highest BCUT2D eigenvalue weighted by molar-refractivity contribution is 5.76. The van der Waals surface area contributed by atoms with E-state index in [4.69, 9.17) is 5.73 Å². The molecule has 1 fully saturated rings. The van der Waals surface area contributed by atoms with Gasteiger partial charge in [-0.3, -0.25) is 4.79 Å². The molecule has 6 heteroatoms. The molecule has 82 valence electrons. The third kappa shape index (κ3) is 3.53. The first-order valence-corrected chi connectivity index (χ1v) is 4.48. The highest BCUT2D eigenvalue weighted by Gasteiger charge is 2.34. The number of alkyl halides is 3. The molecule has 2 N–H and O–H groups in total. The maximum absolute atomic E-state index is 11.9. The molecule has 1 aliphatic heterocycles. The Balaban J connectivity index is 2.38. The minimum Gasteiger partial charge on any atom is -0.342 e. The Morgan fingerprint density at radius 1 is 1.36 bits per heavy atom. The van der Waals surface area contributed by atoms with E-state index in [0.29, 0.717) is 25.9 Å². The number of hydrogen-bond donors (Lipinski definition) is 1. The Kier molecular flexibility index (Phi) is 3.36. The van der Waals surface area contributed by atoms with Gasteiger partial charge in [0, 0.05) is 19.1 Å². The molecule has 14 heavy (non-hydrogen) atoms. The van der Waals surface area contributed by atoms with Gasteiger partial charge in [0.25, 0.3) is 0 Å². The van der Waals surface area contributed by atoms with Crippen LogP contribution in [0.25, 0.3) is 0 Å². The zero-order valence-corrected chi connectivity index (χ0v) is 7.68. The second-order valence-electron chi connectivity index (χ2n) is 3.51. The van der Waals surface area contributed by atoms with Gasteiger partial charge in [0.2, 0.25) is 5.91 Å². The third-order valence-corrected chi connectivity index (χ3v) is 2.24. The lowest BCUT2D eigenvalue weighted by atomic mass is 10.1. The number of nitrogens with zero attached hydrogens (tertiary/aromatic N) is 1. The van der Waals surface area contributed by atoms with Crippen LogP contribution < -0.4 is 5.73 Å². The van der Waals surface area contributed by atoms with Crippen LogP contribution >= 0.6 is 0 Å². The van der Waals surface area contributed by atoms with E-state index in [-0.39, 0.29) is 6.04 Å². The number of halogens is 3. The summed E-state index contributed by atoms with van der Waals surface area (Å²) >= 11 is 0. The average molecular weight is 210 g/mol. The molecular weight excluding hydrogens is 197 g/mol. The highest BCUT2D eigenvalue weighted by atomic mass is 19.4. The molecule has 0 saturated carbocycles. The average Bonchev–Trinajstić information content (AvgIpc) is 2.02. The van der Waals surface area contributed by atoms with Crippen molar-refractivity contribution in [2.45, 2.75) is 31.5 Å². The normalized spacial score (nSPS) is 19.9. The lowest BCUT2D eigenvalue weighted by molar-refractivity contribution is -0.162. The predicted molar refractivity (Wildman–Crippen MR) is 44.5 cm³/mol. The van der Waals surface area contributed by atoms with Crippen molar-refractivity contribution in [1.29, 1.82) is 0 Å². The van der Waals surface area contributed by atoms with Gasteiger partial charge in [-0.1, -0.05) is 0 Å². The van der Waals surface area contributed by atoms with Crippen LogP contribution in [0.4, 0.5) is 13.2 Å². The quantitative estimate of drug-likeness (QED) is 0.698. The van der Waals surface area contributed by atoms with Gasteiger partial charge in [0.1, 0.15) is 6.42 Å². The van der Waals surface area contributed by atoms with E-state index in [2.05, 4.69) is 0 Å². The van der Waals surface area contributed by atoms with E-state index in [0.717, 1.165) is 0 Å². The SMILES string of the molecule is NC1CCN(C(=O)CC(F)(F)F)CC1. The van der Waals surface area contributed by atoms with Gasteiger partial charge in [0.15, 0.2) is 0 Å². The molecule has 0 aromatic heterocycles. The number of piperidine rings is 1. The Morgan fingerprint density at radius 2 is 1.86 bits per heavy atom. The maximum Gasteiger partial charge on any atom is 0.397 e. The van der Waals surface area contributed by atoms with Crippen molar-refractivity contribution >= 4 is 5.91 Å². The maximum atomic E-state index is 11.9. The minimum atomic E-state index is -4.41. The van der Waals surface area contributed by atoms with E-state index in [1.165, 1.54) is 4.90 Å². The van der Waals surface area contributed by atoms with Crippen molar-refractivity contribution in [2.24, 2.45) is 5.73 Å². The van der Waals surface area contributed by atoms with Gasteiger partial charge in [0.05, 0.1) is 0 Å². The number of carbonyl (C=O) groups excluding carboxylic acids is 1. The molecule has 0 radical (unpaired) electrons. The van der Waals surface area contributed by atoms with Crippen LogP contribution in [0.2, 0.25) is 0 Å². The lowest BCUT2D eigenvalue weighted by Gasteiger charge is -2.30. The summed E-state index contributed by atoms with van der Waals surface area (Å²) in [6.45, 7) is 0.687. The van der Waals surface area contributed by atoms with Gasteiger partial charge in [-0.05, 0) is 12.8 Å². The van der Waals surface area contributed by atoms with Gasteiger partial charge >= 0.3 is 6.18 Å². The Morgan fingerprint density at radius 3 is 2.29 bits per heavy atom. The smallest absolute Gasteiger partial charge is 0.342 e. The monoisotopic (exact) mass is 210 g/mol. The molecule has 1 rings (SSSR count). The molecule has 3 nitrogen and oxygen atoms in total. The summed E-state index contributed by atoms with van der Waals surface area (Å²) in [5.74, 6) is -0.843. The van der Waals surface area contributed by atoms with E-state index in [1.807, 2.05) is 0 Å². The molecule has 0 spiro atoms. The molecule has 1 aliphatic rings. The molecule has 1 amide bonds. The molecular formula is C8H13F3N2O. The van der Waals surface area contributed by atoms with Crippen molar-refractivity contribution in [2.75, 3.05) is 13.1 Å². The second-order valence-corrected chi connectivity index (χ2v) is 3.51. The van der Waals surface area contributed by atoms with Gasteiger partial charge < -0.3 is 10.6 Å². The summed E-state index contributed by atoms with van der Waals surface area (Å²) in [7, 11) is 0.